The van der Waals surface area contributed by atoms with Gasteiger partial charge in [0.25, 0.3) is 0 Å². The summed E-state index contributed by atoms with van der Waals surface area (Å²) in [4.78, 5) is 24.8. The molecule has 0 saturated heterocycles. The van der Waals surface area contributed by atoms with Gasteiger partial charge in [0.1, 0.15) is 5.01 Å². The Labute approximate surface area is 151 Å². The first kappa shape index (κ1) is 18.9. The quantitative estimate of drug-likeness (QED) is 0.827. The number of aromatic nitrogens is 2. The first-order valence-electron chi connectivity index (χ1n) is 7.95. The Kier molecular flexibility index (Phi) is 6.08. The number of benzene rings is 1. The molecule has 1 aromatic carbocycles. The normalized spacial score (nSPS) is 11.0. The van der Waals surface area contributed by atoms with Crippen LogP contribution in [0.25, 0.3) is 0 Å². The van der Waals surface area contributed by atoms with Crippen LogP contribution in [0.15, 0.2) is 30.3 Å². The van der Waals surface area contributed by atoms with Gasteiger partial charge in [-0.3, -0.25) is 10.1 Å². The van der Waals surface area contributed by atoms with Crippen LogP contribution in [-0.2, 0) is 10.2 Å². The molecule has 2 N–H and O–H groups in total. The Hall–Kier alpha value is -2.48. The summed E-state index contributed by atoms with van der Waals surface area (Å²) in [7, 11) is 3.36. The molecule has 0 aliphatic heterocycles. The molecule has 25 heavy (non-hydrogen) atoms. The van der Waals surface area contributed by atoms with Crippen molar-refractivity contribution >= 4 is 28.4 Å². The number of carbonyl (C=O) groups excluding carboxylic acids is 2. The third kappa shape index (κ3) is 4.99. The van der Waals surface area contributed by atoms with E-state index < -0.39 is 6.03 Å². The number of hydrogen-bond acceptors (Lipinski definition) is 5. The molecule has 0 radical (unpaired) electrons. The first-order chi connectivity index (χ1) is 11.8. The van der Waals surface area contributed by atoms with Gasteiger partial charge < -0.3 is 10.2 Å². The molecule has 0 unspecified atom stereocenters. The third-order valence-corrected chi connectivity index (χ3v) is 4.96. The summed E-state index contributed by atoms with van der Waals surface area (Å²) < 4.78 is 0. The summed E-state index contributed by atoms with van der Waals surface area (Å²) in [5, 5.41) is 14.8. The Balaban J connectivity index is 1.93. The number of hydrogen-bond donors (Lipinski definition) is 2. The smallest absolute Gasteiger partial charge is 0.321 e. The van der Waals surface area contributed by atoms with E-state index in [9.17, 15) is 9.59 Å². The van der Waals surface area contributed by atoms with E-state index >= 15 is 0 Å². The van der Waals surface area contributed by atoms with E-state index in [0.29, 0.717) is 5.13 Å². The predicted octanol–water partition coefficient (Wildman–Crippen LogP) is 2.46. The molecule has 134 valence electrons. The molecule has 0 spiro atoms. The van der Waals surface area contributed by atoms with Crippen LogP contribution >= 0.6 is 11.3 Å². The molecule has 0 fully saturated rings. The summed E-state index contributed by atoms with van der Waals surface area (Å²) in [6.45, 7) is 4.41. The molecule has 0 aliphatic rings. The van der Waals surface area contributed by atoms with Crippen molar-refractivity contribution in [2.45, 2.75) is 25.7 Å². The first-order valence-corrected chi connectivity index (χ1v) is 8.77. The molecule has 2 aromatic rings. The second-order valence-corrected chi connectivity index (χ2v) is 7.30. The Morgan fingerprint density at radius 2 is 1.84 bits per heavy atom. The van der Waals surface area contributed by atoms with E-state index in [1.165, 1.54) is 16.2 Å². The van der Waals surface area contributed by atoms with Gasteiger partial charge in [0.2, 0.25) is 11.0 Å². The highest BCUT2D eigenvalue weighted by molar-refractivity contribution is 7.15. The number of amides is 3. The van der Waals surface area contributed by atoms with Crippen molar-refractivity contribution in [2.24, 2.45) is 0 Å². The van der Waals surface area contributed by atoms with Crippen molar-refractivity contribution in [3.63, 3.8) is 0 Å². The lowest BCUT2D eigenvalue weighted by molar-refractivity contribution is -0.128. The van der Waals surface area contributed by atoms with E-state index in [1.807, 2.05) is 30.3 Å². The Morgan fingerprint density at radius 3 is 2.48 bits per heavy atom. The van der Waals surface area contributed by atoms with Crippen LogP contribution in [0.4, 0.5) is 9.93 Å². The van der Waals surface area contributed by atoms with Crippen LogP contribution in [0.3, 0.4) is 0 Å². The second kappa shape index (κ2) is 8.06. The molecular weight excluding hydrogens is 338 g/mol. The van der Waals surface area contributed by atoms with Gasteiger partial charge in [0, 0.05) is 32.5 Å². The lowest BCUT2D eigenvalue weighted by Gasteiger charge is -2.21. The zero-order valence-electron chi connectivity index (χ0n) is 14.9. The van der Waals surface area contributed by atoms with E-state index in [1.54, 1.807) is 14.1 Å². The molecule has 3 amide bonds. The van der Waals surface area contributed by atoms with E-state index in [0.717, 1.165) is 10.6 Å². The van der Waals surface area contributed by atoms with Crippen LogP contribution in [0.5, 0.6) is 0 Å². The Bertz CT molecular complexity index is 728. The zero-order valence-corrected chi connectivity index (χ0v) is 15.7. The van der Waals surface area contributed by atoms with Crippen molar-refractivity contribution < 1.29 is 9.59 Å². The fraction of sp³-hybridized carbons (Fsp3) is 0.412. The molecule has 0 atom stereocenters. The maximum absolute atomic E-state index is 11.9. The molecular formula is C17H23N5O2S. The molecule has 0 saturated carbocycles. The van der Waals surface area contributed by atoms with E-state index in [4.69, 9.17) is 0 Å². The average Bonchev–Trinajstić information content (AvgIpc) is 3.04. The lowest BCUT2D eigenvalue weighted by atomic mass is 9.85. The molecule has 1 aromatic heterocycles. The van der Waals surface area contributed by atoms with Crippen LogP contribution < -0.4 is 10.6 Å². The number of rotatable bonds is 6. The van der Waals surface area contributed by atoms with Gasteiger partial charge in [-0.1, -0.05) is 41.7 Å². The van der Waals surface area contributed by atoms with Gasteiger partial charge >= 0.3 is 6.03 Å². The predicted molar refractivity (Wildman–Crippen MR) is 98.8 cm³/mol. The number of carbonyl (C=O) groups is 2. The third-order valence-electron chi connectivity index (χ3n) is 3.80. The van der Waals surface area contributed by atoms with Crippen molar-refractivity contribution in [3.8, 4) is 0 Å². The highest BCUT2D eigenvalue weighted by Gasteiger charge is 2.27. The molecule has 1 heterocycles. The minimum absolute atomic E-state index is 0.0388. The van der Waals surface area contributed by atoms with Crippen molar-refractivity contribution in [3.05, 3.63) is 40.9 Å². The second-order valence-electron chi connectivity index (χ2n) is 6.32. The number of nitrogens with one attached hydrogen (secondary N) is 2. The molecule has 8 heteroatoms. The number of urea groups is 1. The van der Waals surface area contributed by atoms with Gasteiger partial charge in [0.05, 0.1) is 0 Å². The summed E-state index contributed by atoms with van der Waals surface area (Å²) in [6, 6.07) is 9.63. The number of nitrogens with zero attached hydrogens (tertiary/aromatic N) is 3. The van der Waals surface area contributed by atoms with Crippen molar-refractivity contribution in [2.75, 3.05) is 26.0 Å². The molecule has 7 nitrogen and oxygen atoms in total. The number of anilines is 1. The summed E-state index contributed by atoms with van der Waals surface area (Å²) >= 11 is 1.34. The van der Waals surface area contributed by atoms with Crippen LogP contribution in [0.1, 0.15) is 30.8 Å². The zero-order chi connectivity index (χ0) is 18.4. The van der Waals surface area contributed by atoms with Gasteiger partial charge in [-0.2, -0.15) is 0 Å². The fourth-order valence-corrected chi connectivity index (χ4v) is 3.02. The van der Waals surface area contributed by atoms with Crippen LogP contribution in [0.2, 0.25) is 0 Å². The minimum atomic E-state index is -0.397. The van der Waals surface area contributed by atoms with Crippen molar-refractivity contribution in [1.82, 2.24) is 20.4 Å². The maximum atomic E-state index is 11.9. The highest BCUT2D eigenvalue weighted by Crippen LogP contribution is 2.34. The summed E-state index contributed by atoms with van der Waals surface area (Å²) in [6.07, 6.45) is 0.253. The van der Waals surface area contributed by atoms with Crippen LogP contribution in [-0.4, -0.2) is 47.7 Å². The largest absolute Gasteiger partial charge is 0.349 e. The SMILES string of the molecule is CN(C)C(=O)CCNC(=O)Nc1nnc(C(C)(C)c2ccccc2)s1. The van der Waals surface area contributed by atoms with Gasteiger partial charge in [-0.25, -0.2) is 4.79 Å². The van der Waals surface area contributed by atoms with E-state index in [2.05, 4.69) is 34.7 Å². The van der Waals surface area contributed by atoms with Crippen LogP contribution in [0, 0.1) is 0 Å². The topological polar surface area (TPSA) is 87.2 Å². The fourth-order valence-electron chi connectivity index (χ4n) is 2.15. The van der Waals surface area contributed by atoms with Gasteiger partial charge in [0.15, 0.2) is 0 Å². The van der Waals surface area contributed by atoms with Gasteiger partial charge in [-0.05, 0) is 19.4 Å². The standard InChI is InChI=1S/C17H23N5O2S/c1-17(2,12-8-6-5-7-9-12)14-20-21-16(25-14)19-15(24)18-11-10-13(23)22(3)4/h5-9H,10-11H2,1-4H3,(H2,18,19,21,24). The monoisotopic (exact) mass is 361 g/mol. The van der Waals surface area contributed by atoms with Gasteiger partial charge in [-0.15, -0.1) is 10.2 Å². The summed E-state index contributed by atoms with van der Waals surface area (Å²) in [5.74, 6) is -0.0388. The highest BCUT2D eigenvalue weighted by atomic mass is 32.1. The molecule has 0 aliphatic carbocycles. The average molecular weight is 361 g/mol. The lowest BCUT2D eigenvalue weighted by Crippen LogP contribution is -2.33. The Morgan fingerprint density at radius 1 is 1.16 bits per heavy atom. The minimum Gasteiger partial charge on any atom is -0.349 e. The molecule has 0 bridgehead atoms. The molecule has 2 rings (SSSR count). The van der Waals surface area contributed by atoms with Crippen molar-refractivity contribution in [1.29, 1.82) is 0 Å². The maximum Gasteiger partial charge on any atom is 0.321 e. The van der Waals surface area contributed by atoms with E-state index in [-0.39, 0.29) is 24.3 Å². The summed E-state index contributed by atoms with van der Waals surface area (Å²) in [5.41, 5.74) is 0.831.